The lowest BCUT2D eigenvalue weighted by Gasteiger charge is -2.08. The fraction of sp³-hybridized carbons (Fsp3) is 0.235. The monoisotopic (exact) mass is 284 g/mol. The second-order valence-corrected chi connectivity index (χ2v) is 5.01. The summed E-state index contributed by atoms with van der Waals surface area (Å²) in [6.45, 7) is 3.11. The Kier molecular flexibility index (Phi) is 5.21. The molecule has 2 aromatic rings. The van der Waals surface area contributed by atoms with Gasteiger partial charge in [0.05, 0.1) is 0 Å². The van der Waals surface area contributed by atoms with Gasteiger partial charge in [0.2, 0.25) is 0 Å². The van der Waals surface area contributed by atoms with Crippen LogP contribution in [0.4, 0.5) is 4.79 Å². The molecule has 3 N–H and O–H groups in total. The number of rotatable bonds is 5. The largest absolute Gasteiger partial charge is 0.508 e. The van der Waals surface area contributed by atoms with Crippen molar-refractivity contribution in [1.29, 1.82) is 0 Å². The van der Waals surface area contributed by atoms with E-state index in [1.165, 1.54) is 5.56 Å². The fourth-order valence-electron chi connectivity index (χ4n) is 2.05. The Labute approximate surface area is 124 Å². The van der Waals surface area contributed by atoms with Crippen LogP contribution >= 0.6 is 0 Å². The highest BCUT2D eigenvalue weighted by Gasteiger charge is 2.00. The zero-order valence-corrected chi connectivity index (χ0v) is 12.1. The van der Waals surface area contributed by atoms with Crippen LogP contribution in [0.25, 0.3) is 0 Å². The molecule has 4 nitrogen and oxygen atoms in total. The maximum absolute atomic E-state index is 11.7. The molecule has 2 rings (SSSR count). The Balaban J connectivity index is 1.69. The SMILES string of the molecule is Cc1cccc(CNC(=O)NCCc2ccc(O)cc2)c1. The summed E-state index contributed by atoms with van der Waals surface area (Å²) in [7, 11) is 0. The van der Waals surface area contributed by atoms with Crippen LogP contribution in [0.15, 0.2) is 48.5 Å². The third-order valence-electron chi connectivity index (χ3n) is 3.17. The minimum Gasteiger partial charge on any atom is -0.508 e. The molecule has 0 spiro atoms. The number of carbonyl (C=O) groups excluding carboxylic acids is 1. The average molecular weight is 284 g/mol. The number of aromatic hydroxyl groups is 1. The number of benzene rings is 2. The summed E-state index contributed by atoms with van der Waals surface area (Å²) in [5.41, 5.74) is 3.34. The van der Waals surface area contributed by atoms with Crippen LogP contribution in [0.1, 0.15) is 16.7 Å². The second-order valence-electron chi connectivity index (χ2n) is 5.01. The average Bonchev–Trinajstić information content (AvgIpc) is 2.47. The lowest BCUT2D eigenvalue weighted by atomic mass is 10.1. The molecule has 0 aliphatic rings. The van der Waals surface area contributed by atoms with E-state index in [0.717, 1.165) is 17.5 Å². The van der Waals surface area contributed by atoms with Gasteiger partial charge in [-0.3, -0.25) is 0 Å². The van der Waals surface area contributed by atoms with Crippen molar-refractivity contribution in [3.8, 4) is 5.75 Å². The number of urea groups is 1. The standard InChI is InChI=1S/C17H20N2O2/c1-13-3-2-4-15(11-13)12-19-17(21)18-10-9-14-5-7-16(20)8-6-14/h2-8,11,20H,9-10,12H2,1H3,(H2,18,19,21). The van der Waals surface area contributed by atoms with Gasteiger partial charge in [0.25, 0.3) is 0 Å². The molecule has 0 unspecified atom stereocenters. The van der Waals surface area contributed by atoms with Crippen LogP contribution in [0, 0.1) is 6.92 Å². The normalized spacial score (nSPS) is 10.1. The third kappa shape index (κ3) is 5.18. The lowest BCUT2D eigenvalue weighted by Crippen LogP contribution is -2.36. The molecule has 0 atom stereocenters. The van der Waals surface area contributed by atoms with E-state index >= 15 is 0 Å². The molecular weight excluding hydrogens is 264 g/mol. The van der Waals surface area contributed by atoms with Crippen LogP contribution in [0.5, 0.6) is 5.75 Å². The maximum atomic E-state index is 11.7. The Hall–Kier alpha value is -2.49. The molecular formula is C17H20N2O2. The van der Waals surface area contributed by atoms with Crippen LogP contribution in [0.3, 0.4) is 0 Å². The predicted molar refractivity (Wildman–Crippen MR) is 83.2 cm³/mol. The first kappa shape index (κ1) is 14.9. The topological polar surface area (TPSA) is 61.4 Å². The summed E-state index contributed by atoms with van der Waals surface area (Å²) in [5, 5.41) is 14.8. The predicted octanol–water partition coefficient (Wildman–Crippen LogP) is 2.74. The quantitative estimate of drug-likeness (QED) is 0.790. The van der Waals surface area contributed by atoms with Crippen molar-refractivity contribution >= 4 is 6.03 Å². The lowest BCUT2D eigenvalue weighted by molar-refractivity contribution is 0.240. The summed E-state index contributed by atoms with van der Waals surface area (Å²) in [6, 6.07) is 14.9. The highest BCUT2D eigenvalue weighted by atomic mass is 16.3. The van der Waals surface area contributed by atoms with Crippen molar-refractivity contribution in [1.82, 2.24) is 10.6 Å². The number of nitrogens with one attached hydrogen (secondary N) is 2. The molecule has 0 aromatic heterocycles. The van der Waals surface area contributed by atoms with Crippen molar-refractivity contribution in [2.45, 2.75) is 19.9 Å². The minimum atomic E-state index is -0.171. The van der Waals surface area contributed by atoms with Crippen molar-refractivity contribution in [2.24, 2.45) is 0 Å². The summed E-state index contributed by atoms with van der Waals surface area (Å²) < 4.78 is 0. The Morgan fingerprint density at radius 3 is 2.52 bits per heavy atom. The number of hydrogen-bond donors (Lipinski definition) is 3. The first-order chi connectivity index (χ1) is 10.1. The van der Waals surface area contributed by atoms with E-state index in [0.29, 0.717) is 13.1 Å². The van der Waals surface area contributed by atoms with Crippen LogP contribution in [-0.2, 0) is 13.0 Å². The molecule has 4 heteroatoms. The highest BCUT2D eigenvalue weighted by molar-refractivity contribution is 5.73. The number of phenolic OH excluding ortho intramolecular Hbond substituents is 1. The summed E-state index contributed by atoms with van der Waals surface area (Å²) in [5.74, 6) is 0.252. The fourth-order valence-corrected chi connectivity index (χ4v) is 2.05. The zero-order chi connectivity index (χ0) is 15.1. The second kappa shape index (κ2) is 7.33. The van der Waals surface area contributed by atoms with Crippen molar-refractivity contribution in [2.75, 3.05) is 6.54 Å². The van der Waals surface area contributed by atoms with Crippen molar-refractivity contribution in [3.63, 3.8) is 0 Å². The number of phenols is 1. The van der Waals surface area contributed by atoms with E-state index in [2.05, 4.69) is 16.7 Å². The number of carbonyl (C=O) groups is 1. The van der Waals surface area contributed by atoms with Gasteiger partial charge in [0, 0.05) is 13.1 Å². The molecule has 0 bridgehead atoms. The third-order valence-corrected chi connectivity index (χ3v) is 3.17. The zero-order valence-electron chi connectivity index (χ0n) is 12.1. The smallest absolute Gasteiger partial charge is 0.315 e. The van der Waals surface area contributed by atoms with E-state index < -0.39 is 0 Å². The van der Waals surface area contributed by atoms with Gasteiger partial charge in [-0.15, -0.1) is 0 Å². The highest BCUT2D eigenvalue weighted by Crippen LogP contribution is 2.09. The first-order valence-corrected chi connectivity index (χ1v) is 6.98. The van der Waals surface area contributed by atoms with E-state index in [-0.39, 0.29) is 11.8 Å². The minimum absolute atomic E-state index is 0.171. The number of amides is 2. The van der Waals surface area contributed by atoms with Gasteiger partial charge in [-0.05, 0) is 36.6 Å². The number of hydrogen-bond acceptors (Lipinski definition) is 2. The van der Waals surface area contributed by atoms with Crippen molar-refractivity contribution in [3.05, 3.63) is 65.2 Å². The van der Waals surface area contributed by atoms with Gasteiger partial charge in [-0.25, -0.2) is 4.79 Å². The molecule has 2 aromatic carbocycles. The summed E-state index contributed by atoms with van der Waals surface area (Å²) in [4.78, 5) is 11.7. The molecule has 0 heterocycles. The van der Waals surface area contributed by atoms with Gasteiger partial charge < -0.3 is 15.7 Å². The van der Waals surface area contributed by atoms with Gasteiger partial charge >= 0.3 is 6.03 Å². The molecule has 0 aliphatic heterocycles. The van der Waals surface area contributed by atoms with Gasteiger partial charge in [-0.2, -0.15) is 0 Å². The molecule has 0 aliphatic carbocycles. The Morgan fingerprint density at radius 1 is 1.05 bits per heavy atom. The number of aryl methyl sites for hydroxylation is 1. The molecule has 110 valence electrons. The molecule has 0 saturated carbocycles. The first-order valence-electron chi connectivity index (χ1n) is 6.98. The molecule has 0 radical (unpaired) electrons. The molecule has 2 amide bonds. The Morgan fingerprint density at radius 2 is 1.81 bits per heavy atom. The van der Waals surface area contributed by atoms with Crippen LogP contribution < -0.4 is 10.6 Å². The Bertz CT molecular complexity index is 594. The van der Waals surface area contributed by atoms with E-state index in [1.807, 2.05) is 37.3 Å². The summed E-state index contributed by atoms with van der Waals surface area (Å²) in [6.07, 6.45) is 0.734. The van der Waals surface area contributed by atoms with Crippen molar-refractivity contribution < 1.29 is 9.90 Å². The maximum Gasteiger partial charge on any atom is 0.315 e. The van der Waals surface area contributed by atoms with Gasteiger partial charge in [-0.1, -0.05) is 42.0 Å². The van der Waals surface area contributed by atoms with Crippen LogP contribution in [-0.4, -0.2) is 17.7 Å². The molecule has 21 heavy (non-hydrogen) atoms. The van der Waals surface area contributed by atoms with Gasteiger partial charge in [0.15, 0.2) is 0 Å². The van der Waals surface area contributed by atoms with E-state index in [9.17, 15) is 9.90 Å². The van der Waals surface area contributed by atoms with E-state index in [1.54, 1.807) is 12.1 Å². The van der Waals surface area contributed by atoms with Crippen LogP contribution in [0.2, 0.25) is 0 Å². The molecule has 0 fully saturated rings. The summed E-state index contributed by atoms with van der Waals surface area (Å²) >= 11 is 0. The van der Waals surface area contributed by atoms with Gasteiger partial charge in [0.1, 0.15) is 5.75 Å². The molecule has 0 saturated heterocycles. The van der Waals surface area contributed by atoms with E-state index in [4.69, 9.17) is 0 Å².